The number of phenolic OH excluding ortho intramolecular Hbond substituents is 1. The molecule has 0 atom stereocenters. The summed E-state index contributed by atoms with van der Waals surface area (Å²) in [5, 5.41) is 47.3. The van der Waals surface area contributed by atoms with E-state index < -0.39 is 89.3 Å². The maximum Gasteiger partial charge on any atom is 0.298 e. The second kappa shape index (κ2) is 18.5. The highest BCUT2D eigenvalue weighted by atomic mass is 32.2. The Morgan fingerprint density at radius 3 is 1.99 bits per heavy atom. The van der Waals surface area contributed by atoms with Gasteiger partial charge >= 0.3 is 0 Å². The first kappa shape index (κ1) is 48.2. The Balaban J connectivity index is 1.21. The van der Waals surface area contributed by atoms with Crippen molar-refractivity contribution in [2.45, 2.75) is 34.6 Å². The number of nitrogens with zero attached hydrogens (tertiary/aromatic N) is 8. The molecule has 0 aliphatic carbocycles. The molecule has 5 aromatic carbocycles. The highest BCUT2D eigenvalue weighted by molar-refractivity contribution is 7.87. The first-order valence-corrected chi connectivity index (χ1v) is 25.3. The van der Waals surface area contributed by atoms with Crippen LogP contribution in [0.5, 0.6) is 11.5 Å². The molecule has 0 unspecified atom stereocenters. The van der Waals surface area contributed by atoms with E-state index in [4.69, 9.17) is 4.74 Å². The fourth-order valence-electron chi connectivity index (χ4n) is 6.17. The summed E-state index contributed by atoms with van der Waals surface area (Å²) in [5.74, 6) is -1.20. The van der Waals surface area contributed by atoms with Crippen LogP contribution in [0, 0.1) is 6.92 Å². The van der Waals surface area contributed by atoms with Crippen LogP contribution in [-0.4, -0.2) is 89.2 Å². The maximum atomic E-state index is 13.2. The Morgan fingerprint density at radius 1 is 0.701 bits per heavy atom. The van der Waals surface area contributed by atoms with Gasteiger partial charge in [-0.15, -0.1) is 30.7 Å². The Kier molecular flexibility index (Phi) is 13.3. The quantitative estimate of drug-likeness (QED) is 0.0289. The van der Waals surface area contributed by atoms with Crippen molar-refractivity contribution in [3.05, 3.63) is 100 Å². The van der Waals surface area contributed by atoms with Crippen LogP contribution in [0.4, 0.5) is 33.6 Å². The van der Waals surface area contributed by atoms with Crippen molar-refractivity contribution >= 4 is 106 Å². The van der Waals surface area contributed by atoms with Gasteiger partial charge in [-0.2, -0.15) is 33.7 Å². The molecule has 0 aliphatic rings. The third-order valence-corrected chi connectivity index (χ3v) is 13.6. The fraction of sp³-hybridized carbons (Fsp3) is 0.135. The summed E-state index contributed by atoms with van der Waals surface area (Å²) in [5.41, 5.74) is -0.752. The highest BCUT2D eigenvalue weighted by Crippen LogP contribution is 2.43. The standard InChI is InChI=1S/C37H31N9O16S5/c1-19-11-30(32(62-9-2-10-64(50,51)52)16-29(19)42-45-37-39-26-6-3-20(18-47)12-33(26)63-37)43-40-27-7-5-25-24(34(27)48)4-8-28(35(25)67(59,60)61)41-44-31-17-38-46(36(31)49)21-13-22(65(53,54)55)15-23(14-21)66(56,57)58/h3-8,11-17,38,47-48H,2,9-10,18H2,1H3,(H,50,51,52)(H,53,54,55)(H,56,57,58)(H,59,60,61). The van der Waals surface area contributed by atoms with Crippen LogP contribution in [0.2, 0.25) is 0 Å². The average molecular weight is 1020 g/mol. The van der Waals surface area contributed by atoms with E-state index in [1.54, 1.807) is 25.1 Å². The molecule has 2 aromatic heterocycles. The number of aliphatic hydroxyl groups is 1. The normalized spacial score (nSPS) is 13.0. The first-order chi connectivity index (χ1) is 31.4. The predicted molar refractivity (Wildman–Crippen MR) is 237 cm³/mol. The van der Waals surface area contributed by atoms with Gasteiger partial charge in [-0.1, -0.05) is 23.5 Å². The lowest BCUT2D eigenvalue weighted by molar-refractivity contribution is 0.282. The monoisotopic (exact) mass is 1020 g/mol. The molecule has 350 valence electrons. The van der Waals surface area contributed by atoms with Crippen LogP contribution >= 0.6 is 11.3 Å². The van der Waals surface area contributed by atoms with Crippen LogP contribution in [0.1, 0.15) is 17.5 Å². The number of azo groups is 3. The van der Waals surface area contributed by atoms with Crippen molar-refractivity contribution in [1.82, 2.24) is 14.8 Å². The Hall–Kier alpha value is -6.74. The van der Waals surface area contributed by atoms with Gasteiger partial charge in [0.05, 0.1) is 56.5 Å². The summed E-state index contributed by atoms with van der Waals surface area (Å²) in [6, 6.07) is 14.5. The minimum absolute atomic E-state index is 0.0307. The van der Waals surface area contributed by atoms with Gasteiger partial charge in [0, 0.05) is 16.8 Å². The van der Waals surface area contributed by atoms with Gasteiger partial charge in [0.15, 0.2) is 11.4 Å². The zero-order valence-electron chi connectivity index (χ0n) is 33.7. The van der Waals surface area contributed by atoms with Gasteiger partial charge in [-0.05, 0) is 79.1 Å². The number of ether oxygens (including phenoxy) is 1. The van der Waals surface area contributed by atoms with E-state index in [1.165, 1.54) is 29.5 Å². The number of nitrogens with one attached hydrogen (secondary N) is 1. The van der Waals surface area contributed by atoms with Gasteiger partial charge in [0.1, 0.15) is 27.7 Å². The number of rotatable bonds is 16. The molecule has 0 saturated carbocycles. The third-order valence-electron chi connectivity index (χ3n) is 9.29. The molecule has 0 saturated heterocycles. The molecule has 0 bridgehead atoms. The van der Waals surface area contributed by atoms with E-state index in [0.29, 0.717) is 50.3 Å². The summed E-state index contributed by atoms with van der Waals surface area (Å²) in [4.78, 5) is 14.8. The zero-order valence-corrected chi connectivity index (χ0v) is 37.8. The number of hydrogen-bond donors (Lipinski definition) is 7. The summed E-state index contributed by atoms with van der Waals surface area (Å²) >= 11 is 1.23. The number of aliphatic hydroxyl groups excluding tert-OH is 1. The smallest absolute Gasteiger partial charge is 0.298 e. The van der Waals surface area contributed by atoms with E-state index >= 15 is 0 Å². The van der Waals surface area contributed by atoms with Crippen LogP contribution in [0.15, 0.2) is 129 Å². The summed E-state index contributed by atoms with van der Waals surface area (Å²) in [7, 11) is -19.6. The Morgan fingerprint density at radius 2 is 1.33 bits per heavy atom. The van der Waals surface area contributed by atoms with Gasteiger partial charge in [-0.3, -0.25) is 28.1 Å². The van der Waals surface area contributed by atoms with Crippen molar-refractivity contribution < 1.29 is 66.8 Å². The number of aromatic nitrogens is 3. The first-order valence-electron chi connectivity index (χ1n) is 18.5. The molecule has 30 heteroatoms. The maximum absolute atomic E-state index is 13.2. The summed E-state index contributed by atoms with van der Waals surface area (Å²) in [6.07, 6.45) is 0.785. The van der Waals surface area contributed by atoms with E-state index in [0.717, 1.165) is 29.1 Å². The molecule has 0 amide bonds. The van der Waals surface area contributed by atoms with Crippen molar-refractivity contribution in [2.75, 3.05) is 12.4 Å². The lowest BCUT2D eigenvalue weighted by Gasteiger charge is -2.11. The van der Waals surface area contributed by atoms with Crippen molar-refractivity contribution in [3.8, 4) is 17.2 Å². The predicted octanol–water partition coefficient (Wildman–Crippen LogP) is 7.08. The van der Waals surface area contributed by atoms with Gasteiger partial charge in [0.2, 0.25) is 5.13 Å². The Labute approximate surface area is 381 Å². The molecule has 2 heterocycles. The van der Waals surface area contributed by atoms with Gasteiger partial charge in [0.25, 0.3) is 46.0 Å². The molecular weight excluding hydrogens is 987 g/mol. The van der Waals surface area contributed by atoms with Crippen molar-refractivity contribution in [2.24, 2.45) is 30.7 Å². The number of aromatic hydroxyl groups is 1. The largest absolute Gasteiger partial charge is 0.505 e. The van der Waals surface area contributed by atoms with Crippen LogP contribution in [-0.2, 0) is 47.1 Å². The number of H-pyrrole nitrogens is 1. The summed E-state index contributed by atoms with van der Waals surface area (Å²) in [6.45, 7) is 1.30. The van der Waals surface area contributed by atoms with Crippen LogP contribution in [0.25, 0.3) is 26.7 Å². The van der Waals surface area contributed by atoms with Crippen molar-refractivity contribution in [3.63, 3.8) is 0 Å². The van der Waals surface area contributed by atoms with Gasteiger partial charge in [-0.25, -0.2) is 9.67 Å². The average Bonchev–Trinajstić information content (AvgIpc) is 3.84. The molecule has 25 nitrogen and oxygen atoms in total. The van der Waals surface area contributed by atoms with Crippen LogP contribution < -0.4 is 10.3 Å². The number of fused-ring (bicyclic) bond motifs is 2. The number of phenols is 1. The number of aromatic amines is 1. The molecule has 0 fully saturated rings. The zero-order chi connectivity index (χ0) is 48.6. The van der Waals surface area contributed by atoms with E-state index in [1.807, 2.05) is 0 Å². The molecule has 0 radical (unpaired) electrons. The fourth-order valence-corrected chi connectivity index (χ4v) is 9.50. The molecule has 67 heavy (non-hydrogen) atoms. The van der Waals surface area contributed by atoms with E-state index in [-0.39, 0.29) is 47.5 Å². The van der Waals surface area contributed by atoms with Crippen LogP contribution in [0.3, 0.4) is 0 Å². The SMILES string of the molecule is Cc1cc(N=Nc2ccc3c(S(=O)(=O)O)c(N=Nc4c[nH]n(-c5cc(S(=O)(=O)O)cc(S(=O)(=O)O)c5)c4=O)ccc3c2O)c(OCCCS(=O)(=O)O)cc1N=Nc1nc2ccc(CO)cc2s1. The third kappa shape index (κ3) is 11.1. The second-order valence-corrected chi connectivity index (χ2v) is 20.8. The Bertz CT molecular complexity index is 3710. The minimum atomic E-state index is -5.17. The number of benzene rings is 5. The van der Waals surface area contributed by atoms with Crippen molar-refractivity contribution in [1.29, 1.82) is 0 Å². The lowest BCUT2D eigenvalue weighted by atomic mass is 10.1. The highest BCUT2D eigenvalue weighted by Gasteiger charge is 2.24. The van der Waals surface area contributed by atoms with E-state index in [9.17, 15) is 66.9 Å². The van der Waals surface area contributed by atoms with E-state index in [2.05, 4.69) is 40.8 Å². The molecule has 7 aromatic rings. The number of hydrogen-bond acceptors (Lipinski definition) is 20. The number of aryl methyl sites for hydroxylation is 1. The molecular formula is C37H31N9O16S5. The lowest BCUT2D eigenvalue weighted by Crippen LogP contribution is -2.16. The topological polar surface area (TPSA) is 392 Å². The minimum Gasteiger partial charge on any atom is -0.505 e. The summed E-state index contributed by atoms with van der Waals surface area (Å²) < 4.78 is 141. The second-order valence-electron chi connectivity index (χ2n) is 14.0. The molecule has 0 spiro atoms. The molecule has 0 aliphatic heterocycles. The van der Waals surface area contributed by atoms with Gasteiger partial charge < -0.3 is 14.9 Å². The molecule has 7 rings (SSSR count). The molecule has 7 N–H and O–H groups in total. The number of thiazole rings is 1.